The number of esters is 1. The number of nitro groups is 1. The molecule has 0 saturated heterocycles. The van der Waals surface area contributed by atoms with Gasteiger partial charge in [-0.15, -0.1) is 0 Å². The first-order chi connectivity index (χ1) is 9.93. The fourth-order valence-corrected chi connectivity index (χ4v) is 1.56. The van der Waals surface area contributed by atoms with Gasteiger partial charge in [-0.05, 0) is 25.5 Å². The van der Waals surface area contributed by atoms with Gasteiger partial charge in [-0.2, -0.15) is 0 Å². The van der Waals surface area contributed by atoms with E-state index in [0.29, 0.717) is 5.56 Å². The van der Waals surface area contributed by atoms with Crippen LogP contribution in [0.4, 0.5) is 5.69 Å². The van der Waals surface area contributed by atoms with Gasteiger partial charge in [0.15, 0.2) is 5.78 Å². The Kier molecular flexibility index (Phi) is 6.32. The van der Waals surface area contributed by atoms with Crippen LogP contribution in [0, 0.1) is 17.0 Å². The van der Waals surface area contributed by atoms with E-state index in [1.54, 1.807) is 19.9 Å². The highest BCUT2D eigenvalue weighted by Crippen LogP contribution is 2.24. The third kappa shape index (κ3) is 5.60. The van der Waals surface area contributed by atoms with Crippen molar-refractivity contribution < 1.29 is 24.0 Å². The van der Waals surface area contributed by atoms with Crippen molar-refractivity contribution in [3.63, 3.8) is 0 Å². The first kappa shape index (κ1) is 16.6. The van der Waals surface area contributed by atoms with Crippen LogP contribution < -0.4 is 4.74 Å². The van der Waals surface area contributed by atoms with Crippen molar-refractivity contribution in [3.05, 3.63) is 33.9 Å². The summed E-state index contributed by atoms with van der Waals surface area (Å²) in [5.41, 5.74) is 0.591. The molecular formula is C14H17NO6. The minimum absolute atomic E-state index is 0.00392. The molecule has 0 aliphatic heterocycles. The SMILES string of the molecule is CCOC(=O)CCC(=O)COc1cc([N+](=O)[O-])ccc1C. The normalized spacial score (nSPS) is 10.0. The monoisotopic (exact) mass is 295 g/mol. The van der Waals surface area contributed by atoms with Crippen molar-refractivity contribution >= 4 is 17.4 Å². The van der Waals surface area contributed by atoms with Gasteiger partial charge in [0.25, 0.3) is 5.69 Å². The van der Waals surface area contributed by atoms with E-state index in [4.69, 9.17) is 9.47 Å². The Morgan fingerprint density at radius 2 is 2.00 bits per heavy atom. The van der Waals surface area contributed by atoms with Crippen LogP contribution in [0.1, 0.15) is 25.3 Å². The summed E-state index contributed by atoms with van der Waals surface area (Å²) in [6.45, 7) is 3.45. The van der Waals surface area contributed by atoms with Crippen molar-refractivity contribution in [2.75, 3.05) is 13.2 Å². The highest BCUT2D eigenvalue weighted by atomic mass is 16.6. The van der Waals surface area contributed by atoms with E-state index in [0.717, 1.165) is 0 Å². The molecule has 0 aliphatic carbocycles. The molecule has 0 heterocycles. The number of ether oxygens (including phenoxy) is 2. The summed E-state index contributed by atoms with van der Waals surface area (Å²) in [5, 5.41) is 10.7. The van der Waals surface area contributed by atoms with Gasteiger partial charge < -0.3 is 9.47 Å². The van der Waals surface area contributed by atoms with Crippen LogP contribution >= 0.6 is 0 Å². The Morgan fingerprint density at radius 3 is 2.62 bits per heavy atom. The number of non-ortho nitro benzene ring substituents is 1. The lowest BCUT2D eigenvalue weighted by molar-refractivity contribution is -0.384. The molecule has 7 nitrogen and oxygen atoms in total. The van der Waals surface area contributed by atoms with Gasteiger partial charge in [-0.25, -0.2) is 0 Å². The topological polar surface area (TPSA) is 95.7 Å². The second-order valence-electron chi connectivity index (χ2n) is 4.34. The number of hydrogen-bond donors (Lipinski definition) is 0. The number of carbonyl (C=O) groups excluding carboxylic acids is 2. The average molecular weight is 295 g/mol. The molecule has 1 aromatic carbocycles. The lowest BCUT2D eigenvalue weighted by atomic mass is 10.2. The van der Waals surface area contributed by atoms with E-state index < -0.39 is 10.9 Å². The van der Waals surface area contributed by atoms with Crippen molar-refractivity contribution in [2.45, 2.75) is 26.7 Å². The van der Waals surface area contributed by atoms with Crippen LogP contribution in [0.25, 0.3) is 0 Å². The van der Waals surface area contributed by atoms with Crippen LogP contribution in [0.5, 0.6) is 5.75 Å². The number of nitrogens with zero attached hydrogens (tertiary/aromatic N) is 1. The zero-order valence-corrected chi connectivity index (χ0v) is 12.0. The highest BCUT2D eigenvalue weighted by Gasteiger charge is 2.12. The molecule has 7 heteroatoms. The lowest BCUT2D eigenvalue weighted by Gasteiger charge is -2.08. The van der Waals surface area contributed by atoms with E-state index >= 15 is 0 Å². The smallest absolute Gasteiger partial charge is 0.306 e. The summed E-state index contributed by atoms with van der Waals surface area (Å²) in [6.07, 6.45) is 0.0246. The molecular weight excluding hydrogens is 278 g/mol. The van der Waals surface area contributed by atoms with Gasteiger partial charge in [-0.3, -0.25) is 19.7 Å². The molecule has 0 atom stereocenters. The second kappa shape index (κ2) is 7.98. The van der Waals surface area contributed by atoms with Gasteiger partial charge in [-0.1, -0.05) is 0 Å². The molecule has 1 rings (SSSR count). The lowest BCUT2D eigenvalue weighted by Crippen LogP contribution is -2.14. The van der Waals surface area contributed by atoms with Gasteiger partial charge >= 0.3 is 5.97 Å². The van der Waals surface area contributed by atoms with E-state index in [2.05, 4.69) is 0 Å². The number of carbonyl (C=O) groups is 2. The quantitative estimate of drug-likeness (QED) is 0.414. The van der Waals surface area contributed by atoms with Crippen LogP contribution in [-0.2, 0) is 14.3 Å². The summed E-state index contributed by atoms with van der Waals surface area (Å²) in [7, 11) is 0. The molecule has 0 fully saturated rings. The summed E-state index contributed by atoms with van der Waals surface area (Å²) in [4.78, 5) is 32.8. The van der Waals surface area contributed by atoms with Crippen molar-refractivity contribution in [3.8, 4) is 5.75 Å². The standard InChI is InChI=1S/C14H17NO6/c1-3-20-14(17)7-6-12(16)9-21-13-8-11(15(18)19)5-4-10(13)2/h4-5,8H,3,6-7,9H2,1-2H3. The number of benzene rings is 1. The van der Waals surface area contributed by atoms with Crippen LogP contribution in [0.15, 0.2) is 18.2 Å². The van der Waals surface area contributed by atoms with Gasteiger partial charge in [0, 0.05) is 12.5 Å². The Labute approximate surface area is 122 Å². The maximum atomic E-state index is 11.6. The third-order valence-electron chi connectivity index (χ3n) is 2.68. The minimum Gasteiger partial charge on any atom is -0.485 e. The van der Waals surface area contributed by atoms with Crippen molar-refractivity contribution in [2.24, 2.45) is 0 Å². The number of hydrogen-bond acceptors (Lipinski definition) is 6. The molecule has 0 saturated carbocycles. The van der Waals surface area contributed by atoms with E-state index in [-0.39, 0.29) is 43.3 Å². The molecule has 0 aromatic heterocycles. The number of rotatable bonds is 8. The maximum absolute atomic E-state index is 11.6. The summed E-state index contributed by atoms with van der Waals surface area (Å²) < 4.78 is 9.98. The van der Waals surface area contributed by atoms with Gasteiger partial charge in [0.2, 0.25) is 0 Å². The van der Waals surface area contributed by atoms with Crippen LogP contribution in [-0.4, -0.2) is 29.9 Å². The molecule has 0 spiro atoms. The molecule has 0 aliphatic rings. The molecule has 114 valence electrons. The Balaban J connectivity index is 2.51. The third-order valence-corrected chi connectivity index (χ3v) is 2.68. The fourth-order valence-electron chi connectivity index (χ4n) is 1.56. The summed E-state index contributed by atoms with van der Waals surface area (Å²) >= 11 is 0. The molecule has 0 radical (unpaired) electrons. The average Bonchev–Trinajstić information content (AvgIpc) is 2.44. The second-order valence-corrected chi connectivity index (χ2v) is 4.34. The Morgan fingerprint density at radius 1 is 1.29 bits per heavy atom. The summed E-state index contributed by atoms with van der Waals surface area (Å²) in [5.74, 6) is -0.417. The fraction of sp³-hybridized carbons (Fsp3) is 0.429. The van der Waals surface area contributed by atoms with E-state index in [1.165, 1.54) is 12.1 Å². The molecule has 0 N–H and O–H groups in total. The van der Waals surface area contributed by atoms with Gasteiger partial charge in [0.05, 0.1) is 24.0 Å². The van der Waals surface area contributed by atoms with Crippen molar-refractivity contribution in [1.82, 2.24) is 0 Å². The molecule has 21 heavy (non-hydrogen) atoms. The zero-order chi connectivity index (χ0) is 15.8. The molecule has 1 aromatic rings. The Hall–Kier alpha value is -2.44. The van der Waals surface area contributed by atoms with E-state index in [9.17, 15) is 19.7 Å². The highest BCUT2D eigenvalue weighted by molar-refractivity contribution is 5.84. The molecule has 0 unspecified atom stereocenters. The number of Topliss-reactive ketones (excluding diaryl/α,β-unsaturated/α-hetero) is 1. The van der Waals surface area contributed by atoms with E-state index in [1.807, 2.05) is 0 Å². The largest absolute Gasteiger partial charge is 0.485 e. The molecule has 0 bridgehead atoms. The number of nitro benzene ring substituents is 1. The van der Waals surface area contributed by atoms with Crippen LogP contribution in [0.3, 0.4) is 0 Å². The minimum atomic E-state index is -0.533. The van der Waals surface area contributed by atoms with Crippen LogP contribution in [0.2, 0.25) is 0 Å². The first-order valence-electron chi connectivity index (χ1n) is 6.49. The first-order valence-corrected chi connectivity index (χ1v) is 6.49. The molecule has 0 amide bonds. The predicted molar refractivity (Wildman–Crippen MR) is 74.2 cm³/mol. The number of aryl methyl sites for hydroxylation is 1. The van der Waals surface area contributed by atoms with Gasteiger partial charge in [0.1, 0.15) is 12.4 Å². The Bertz CT molecular complexity index is 540. The predicted octanol–water partition coefficient (Wildman–Crippen LogP) is 2.19. The summed E-state index contributed by atoms with van der Waals surface area (Å²) in [6, 6.07) is 4.19. The maximum Gasteiger partial charge on any atom is 0.306 e. The number of ketones is 1. The zero-order valence-electron chi connectivity index (χ0n) is 12.0. The van der Waals surface area contributed by atoms with Crippen molar-refractivity contribution in [1.29, 1.82) is 0 Å².